The summed E-state index contributed by atoms with van der Waals surface area (Å²) >= 11 is 0. The third-order valence-corrected chi connectivity index (χ3v) is 2.63. The zero-order chi connectivity index (χ0) is 14.0. The number of benzene rings is 1. The Hall–Kier alpha value is -1.27. The van der Waals surface area contributed by atoms with Gasteiger partial charge in [0.25, 0.3) is 0 Å². The molecule has 0 saturated heterocycles. The molecule has 0 fully saturated rings. The van der Waals surface area contributed by atoms with Crippen molar-refractivity contribution in [3.63, 3.8) is 0 Å². The number of rotatable bonds is 4. The van der Waals surface area contributed by atoms with E-state index in [0.29, 0.717) is 12.2 Å². The molecule has 0 aromatic heterocycles. The molecule has 2 atom stereocenters. The molecule has 0 heterocycles. The lowest BCUT2D eigenvalue weighted by atomic mass is 9.95. The molecule has 0 spiro atoms. The van der Waals surface area contributed by atoms with Gasteiger partial charge in [0, 0.05) is 18.3 Å². The second-order valence-corrected chi connectivity index (χ2v) is 4.51. The van der Waals surface area contributed by atoms with E-state index < -0.39 is 11.8 Å². The van der Waals surface area contributed by atoms with E-state index in [9.17, 15) is 18.3 Å². The highest BCUT2D eigenvalue weighted by Crippen LogP contribution is 2.38. The maximum absolute atomic E-state index is 12.6. The van der Waals surface area contributed by atoms with Crippen LogP contribution in [0.25, 0.3) is 0 Å². The summed E-state index contributed by atoms with van der Waals surface area (Å²) in [5, 5.41) is 12.4. The van der Waals surface area contributed by atoms with Crippen molar-refractivity contribution in [2.45, 2.75) is 31.7 Å². The molecule has 0 saturated carbocycles. The molecule has 0 amide bonds. The number of nitrogens with one attached hydrogen (secondary N) is 1. The van der Waals surface area contributed by atoms with Crippen molar-refractivity contribution in [1.29, 1.82) is 0 Å². The van der Waals surface area contributed by atoms with Gasteiger partial charge in [-0.05, 0) is 31.5 Å². The minimum absolute atomic E-state index is 0.0528. The number of hydrogen-bond acceptors (Lipinski definition) is 3. The van der Waals surface area contributed by atoms with E-state index >= 15 is 0 Å². The number of alkyl halides is 3. The van der Waals surface area contributed by atoms with Crippen molar-refractivity contribution >= 4 is 5.69 Å². The highest BCUT2D eigenvalue weighted by atomic mass is 19.4. The van der Waals surface area contributed by atoms with Crippen LogP contribution in [0, 0.1) is 0 Å². The first kappa shape index (κ1) is 14.8. The smallest absolute Gasteiger partial charge is 0.383 e. The zero-order valence-electron chi connectivity index (χ0n) is 10.3. The average Bonchev–Trinajstić information content (AvgIpc) is 2.25. The van der Waals surface area contributed by atoms with Crippen molar-refractivity contribution < 1.29 is 18.3 Å². The van der Waals surface area contributed by atoms with Crippen LogP contribution in [-0.4, -0.2) is 23.9 Å². The van der Waals surface area contributed by atoms with Crippen molar-refractivity contribution in [3.05, 3.63) is 29.8 Å². The van der Waals surface area contributed by atoms with E-state index in [1.807, 2.05) is 6.92 Å². The summed E-state index contributed by atoms with van der Waals surface area (Å²) in [5.41, 5.74) is 3.17. The van der Waals surface area contributed by atoms with E-state index in [4.69, 9.17) is 5.73 Å². The predicted molar refractivity (Wildman–Crippen MR) is 64.2 cm³/mol. The third-order valence-electron chi connectivity index (χ3n) is 2.63. The molecule has 1 aromatic carbocycles. The molecule has 1 rings (SSSR count). The number of aliphatic hydroxyl groups is 1. The summed E-state index contributed by atoms with van der Waals surface area (Å²) in [6, 6.07) is 5.41. The first-order chi connectivity index (χ1) is 8.14. The molecule has 0 aliphatic carbocycles. The highest BCUT2D eigenvalue weighted by Gasteiger charge is 2.51. The fraction of sp³-hybridized carbons (Fsp3) is 0.500. The lowest BCUT2D eigenvalue weighted by Crippen LogP contribution is -2.39. The molecule has 1 unspecified atom stereocenters. The van der Waals surface area contributed by atoms with Gasteiger partial charge >= 0.3 is 6.18 Å². The number of hydrogen-bond donors (Lipinski definition) is 3. The Morgan fingerprint density at radius 2 is 1.78 bits per heavy atom. The molecule has 102 valence electrons. The lowest BCUT2D eigenvalue weighted by Gasteiger charge is -2.26. The van der Waals surface area contributed by atoms with Crippen molar-refractivity contribution in [2.75, 3.05) is 11.9 Å². The van der Waals surface area contributed by atoms with Gasteiger partial charge in [0.1, 0.15) is 0 Å². The summed E-state index contributed by atoms with van der Waals surface area (Å²) in [4.78, 5) is 0. The van der Waals surface area contributed by atoms with Crippen LogP contribution in [0.5, 0.6) is 0 Å². The molecule has 1 aromatic rings. The van der Waals surface area contributed by atoms with Gasteiger partial charge in [-0.3, -0.25) is 0 Å². The minimum atomic E-state index is -4.70. The topological polar surface area (TPSA) is 58.3 Å². The van der Waals surface area contributed by atoms with Gasteiger partial charge in [-0.2, -0.15) is 13.2 Å². The summed E-state index contributed by atoms with van der Waals surface area (Å²) in [5.74, 6) is 0. The SMILES string of the molecule is C[C@@H](N)CNc1ccc(C(C)(O)C(F)(F)F)cc1. The second kappa shape index (κ2) is 5.16. The third kappa shape index (κ3) is 3.36. The predicted octanol–water partition coefficient (Wildman–Crippen LogP) is 2.22. The van der Waals surface area contributed by atoms with Gasteiger partial charge in [-0.1, -0.05) is 12.1 Å². The molecule has 0 aliphatic heterocycles. The Bertz CT molecular complexity index is 385. The van der Waals surface area contributed by atoms with E-state index in [0.717, 1.165) is 6.92 Å². The molecule has 18 heavy (non-hydrogen) atoms. The monoisotopic (exact) mass is 262 g/mol. The average molecular weight is 262 g/mol. The van der Waals surface area contributed by atoms with Crippen LogP contribution >= 0.6 is 0 Å². The van der Waals surface area contributed by atoms with E-state index in [1.165, 1.54) is 24.3 Å². The molecular weight excluding hydrogens is 245 g/mol. The van der Waals surface area contributed by atoms with Crippen molar-refractivity contribution in [3.8, 4) is 0 Å². The number of nitrogens with two attached hydrogens (primary N) is 1. The lowest BCUT2D eigenvalue weighted by molar-refractivity contribution is -0.258. The first-order valence-electron chi connectivity index (χ1n) is 5.53. The summed E-state index contributed by atoms with van der Waals surface area (Å²) in [6.45, 7) is 3.07. The van der Waals surface area contributed by atoms with Crippen LogP contribution in [0.1, 0.15) is 19.4 Å². The zero-order valence-corrected chi connectivity index (χ0v) is 10.3. The molecule has 6 heteroatoms. The quantitative estimate of drug-likeness (QED) is 0.779. The van der Waals surface area contributed by atoms with Gasteiger partial charge in [0.05, 0.1) is 0 Å². The normalized spacial score (nSPS) is 17.1. The Labute approximate surface area is 104 Å². The van der Waals surface area contributed by atoms with Crippen LogP contribution < -0.4 is 11.1 Å². The van der Waals surface area contributed by atoms with Crippen LogP contribution in [-0.2, 0) is 5.60 Å². The van der Waals surface area contributed by atoms with Gasteiger partial charge in [-0.15, -0.1) is 0 Å². The molecule has 4 N–H and O–H groups in total. The summed E-state index contributed by atoms with van der Waals surface area (Å²) in [7, 11) is 0. The standard InChI is InChI=1S/C12H17F3N2O/c1-8(16)7-17-10-5-3-9(4-6-10)11(2,18)12(13,14)15/h3-6,8,17-18H,7,16H2,1-2H3/t8-,11?/m1/s1. The van der Waals surface area contributed by atoms with Crippen LogP contribution in [0.4, 0.5) is 18.9 Å². The summed E-state index contributed by atoms with van der Waals surface area (Å²) in [6.07, 6.45) is -4.70. The molecule has 0 radical (unpaired) electrons. The first-order valence-corrected chi connectivity index (χ1v) is 5.53. The van der Waals surface area contributed by atoms with E-state index in [-0.39, 0.29) is 11.6 Å². The minimum Gasteiger partial charge on any atom is -0.383 e. The molecular formula is C12H17F3N2O. The number of anilines is 1. The Balaban J connectivity index is 2.83. The van der Waals surface area contributed by atoms with Crippen molar-refractivity contribution in [1.82, 2.24) is 0 Å². The summed E-state index contributed by atoms with van der Waals surface area (Å²) < 4.78 is 37.8. The van der Waals surface area contributed by atoms with Crippen LogP contribution in [0.3, 0.4) is 0 Å². The Kier molecular flexibility index (Phi) is 4.24. The fourth-order valence-electron chi connectivity index (χ4n) is 1.36. The largest absolute Gasteiger partial charge is 0.421 e. The molecule has 0 bridgehead atoms. The van der Waals surface area contributed by atoms with Crippen LogP contribution in [0.15, 0.2) is 24.3 Å². The van der Waals surface area contributed by atoms with E-state index in [1.54, 1.807) is 0 Å². The Morgan fingerprint density at radius 3 is 2.17 bits per heavy atom. The highest BCUT2D eigenvalue weighted by molar-refractivity contribution is 5.45. The van der Waals surface area contributed by atoms with Gasteiger partial charge in [0.15, 0.2) is 5.60 Å². The maximum Gasteiger partial charge on any atom is 0.421 e. The van der Waals surface area contributed by atoms with E-state index in [2.05, 4.69) is 5.32 Å². The van der Waals surface area contributed by atoms with Crippen LogP contribution in [0.2, 0.25) is 0 Å². The van der Waals surface area contributed by atoms with Gasteiger partial charge in [-0.25, -0.2) is 0 Å². The Morgan fingerprint density at radius 1 is 1.28 bits per heavy atom. The molecule has 3 nitrogen and oxygen atoms in total. The van der Waals surface area contributed by atoms with Crippen molar-refractivity contribution in [2.24, 2.45) is 5.73 Å². The van der Waals surface area contributed by atoms with Gasteiger partial charge < -0.3 is 16.2 Å². The molecule has 0 aliphatic rings. The second-order valence-electron chi connectivity index (χ2n) is 4.51. The number of halogens is 3. The maximum atomic E-state index is 12.6. The van der Waals surface area contributed by atoms with Gasteiger partial charge in [0.2, 0.25) is 0 Å². The fourth-order valence-corrected chi connectivity index (χ4v) is 1.36.